The highest BCUT2D eigenvalue weighted by Gasteiger charge is 2.19. The van der Waals surface area contributed by atoms with Crippen LogP contribution in [-0.2, 0) is 6.54 Å². The number of thiophene rings is 1. The van der Waals surface area contributed by atoms with Crippen molar-refractivity contribution in [3.8, 4) is 10.4 Å². The van der Waals surface area contributed by atoms with Crippen LogP contribution in [0, 0.1) is 0 Å². The Balaban J connectivity index is 1.68. The maximum absolute atomic E-state index is 12.5. The van der Waals surface area contributed by atoms with Gasteiger partial charge in [0.15, 0.2) is 0 Å². The summed E-state index contributed by atoms with van der Waals surface area (Å²) in [6, 6.07) is 12.7. The molecule has 1 fully saturated rings. The van der Waals surface area contributed by atoms with Gasteiger partial charge in [-0.25, -0.2) is 4.98 Å². The maximum Gasteiger partial charge on any atom is 0.259 e. The first-order valence-corrected chi connectivity index (χ1v) is 9.34. The monoisotopic (exact) mass is 339 g/mol. The molecule has 1 aliphatic heterocycles. The summed E-state index contributed by atoms with van der Waals surface area (Å²) in [6.45, 7) is 4.07. The van der Waals surface area contributed by atoms with Gasteiger partial charge in [-0.3, -0.25) is 9.69 Å². The van der Waals surface area contributed by atoms with E-state index in [0.29, 0.717) is 11.4 Å². The molecule has 1 saturated heterocycles. The van der Waals surface area contributed by atoms with Crippen molar-refractivity contribution in [2.75, 3.05) is 6.54 Å². The third kappa shape index (κ3) is 3.01. The number of hydrogen-bond acceptors (Lipinski definition) is 4. The van der Waals surface area contributed by atoms with E-state index in [1.807, 2.05) is 24.3 Å². The molecule has 4 nitrogen and oxygen atoms in total. The minimum absolute atomic E-state index is 0.0295. The van der Waals surface area contributed by atoms with Gasteiger partial charge in [0.05, 0.1) is 11.9 Å². The molecular formula is C19H21N3OS. The molecule has 3 heterocycles. The Morgan fingerprint density at radius 2 is 2.12 bits per heavy atom. The highest BCUT2D eigenvalue weighted by atomic mass is 32.1. The third-order valence-electron chi connectivity index (χ3n) is 4.80. The van der Waals surface area contributed by atoms with Gasteiger partial charge in [0.2, 0.25) is 0 Å². The summed E-state index contributed by atoms with van der Waals surface area (Å²) in [5.41, 5.74) is 1.10. The number of piperidine rings is 1. The highest BCUT2D eigenvalue weighted by Crippen LogP contribution is 2.30. The number of hydrogen-bond donors (Lipinski definition) is 1. The van der Waals surface area contributed by atoms with Crippen molar-refractivity contribution in [2.45, 2.75) is 38.8 Å². The molecule has 24 heavy (non-hydrogen) atoms. The zero-order chi connectivity index (χ0) is 16.5. The lowest BCUT2D eigenvalue weighted by atomic mass is 10.0. The number of benzene rings is 1. The van der Waals surface area contributed by atoms with Crippen LogP contribution in [-0.4, -0.2) is 27.5 Å². The summed E-state index contributed by atoms with van der Waals surface area (Å²) in [6.07, 6.45) is 3.75. The molecule has 2 aromatic heterocycles. The van der Waals surface area contributed by atoms with Crippen LogP contribution in [0.5, 0.6) is 0 Å². The Labute approximate surface area is 145 Å². The van der Waals surface area contributed by atoms with E-state index in [2.05, 4.69) is 28.9 Å². The summed E-state index contributed by atoms with van der Waals surface area (Å²) in [5.74, 6) is 0.780. The average molecular weight is 339 g/mol. The van der Waals surface area contributed by atoms with E-state index in [4.69, 9.17) is 4.98 Å². The summed E-state index contributed by atoms with van der Waals surface area (Å²) in [7, 11) is 0. The van der Waals surface area contributed by atoms with Crippen LogP contribution >= 0.6 is 11.3 Å². The lowest BCUT2D eigenvalue weighted by molar-refractivity contribution is 0.149. The molecule has 1 aromatic carbocycles. The van der Waals surface area contributed by atoms with Gasteiger partial charge in [-0.05, 0) is 37.9 Å². The first-order chi connectivity index (χ1) is 11.7. The number of fused-ring (bicyclic) bond motifs is 1. The summed E-state index contributed by atoms with van der Waals surface area (Å²) < 4.78 is 0. The van der Waals surface area contributed by atoms with E-state index in [-0.39, 0.29) is 5.56 Å². The molecule has 5 heteroatoms. The van der Waals surface area contributed by atoms with Crippen molar-refractivity contribution in [3.63, 3.8) is 0 Å². The van der Waals surface area contributed by atoms with Gasteiger partial charge >= 0.3 is 0 Å². The quantitative estimate of drug-likeness (QED) is 0.784. The van der Waals surface area contributed by atoms with Crippen LogP contribution in [0.15, 0.2) is 41.2 Å². The molecule has 0 spiro atoms. The van der Waals surface area contributed by atoms with Crippen molar-refractivity contribution >= 4 is 21.6 Å². The van der Waals surface area contributed by atoms with Crippen molar-refractivity contribution in [1.82, 2.24) is 14.9 Å². The van der Waals surface area contributed by atoms with E-state index < -0.39 is 0 Å². The molecule has 0 radical (unpaired) electrons. The third-order valence-corrected chi connectivity index (χ3v) is 5.88. The van der Waals surface area contributed by atoms with Crippen LogP contribution in [0.25, 0.3) is 20.7 Å². The SMILES string of the molecule is CC1CCCCN1Cc1nc2sc(-c3ccccc3)cc2c(=O)[nH]1. The zero-order valence-electron chi connectivity index (χ0n) is 13.8. The average Bonchev–Trinajstić information content (AvgIpc) is 3.03. The number of aromatic nitrogens is 2. The number of nitrogens with zero attached hydrogens (tertiary/aromatic N) is 2. The lowest BCUT2D eigenvalue weighted by Gasteiger charge is -2.32. The maximum atomic E-state index is 12.5. The highest BCUT2D eigenvalue weighted by molar-refractivity contribution is 7.21. The summed E-state index contributed by atoms with van der Waals surface area (Å²) in [5, 5.41) is 0.689. The Morgan fingerprint density at radius 3 is 2.92 bits per heavy atom. The topological polar surface area (TPSA) is 49.0 Å². The molecule has 3 aromatic rings. The Kier molecular flexibility index (Phi) is 4.21. The normalized spacial score (nSPS) is 19.0. The van der Waals surface area contributed by atoms with E-state index in [1.54, 1.807) is 11.3 Å². The molecule has 1 atom stereocenters. The first kappa shape index (κ1) is 15.5. The lowest BCUT2D eigenvalue weighted by Crippen LogP contribution is -2.37. The van der Waals surface area contributed by atoms with Crippen molar-refractivity contribution in [3.05, 3.63) is 52.6 Å². The second-order valence-electron chi connectivity index (χ2n) is 6.52. The molecule has 1 unspecified atom stereocenters. The minimum Gasteiger partial charge on any atom is -0.309 e. The van der Waals surface area contributed by atoms with Crippen molar-refractivity contribution in [2.24, 2.45) is 0 Å². The van der Waals surface area contributed by atoms with Crippen LogP contribution in [0.2, 0.25) is 0 Å². The van der Waals surface area contributed by atoms with Gasteiger partial charge in [0, 0.05) is 10.9 Å². The van der Waals surface area contributed by atoms with Gasteiger partial charge in [-0.1, -0.05) is 36.8 Å². The molecule has 4 rings (SSSR count). The zero-order valence-corrected chi connectivity index (χ0v) is 14.6. The smallest absolute Gasteiger partial charge is 0.259 e. The molecule has 0 bridgehead atoms. The fraction of sp³-hybridized carbons (Fsp3) is 0.368. The molecular weight excluding hydrogens is 318 g/mol. The van der Waals surface area contributed by atoms with Gasteiger partial charge in [0.25, 0.3) is 5.56 Å². The minimum atomic E-state index is -0.0295. The number of H-pyrrole nitrogens is 1. The number of likely N-dealkylation sites (tertiary alicyclic amines) is 1. The second-order valence-corrected chi connectivity index (χ2v) is 7.55. The van der Waals surface area contributed by atoms with Crippen LogP contribution < -0.4 is 5.56 Å². The predicted molar refractivity (Wildman–Crippen MR) is 99.4 cm³/mol. The fourth-order valence-corrected chi connectivity index (χ4v) is 4.44. The van der Waals surface area contributed by atoms with Gasteiger partial charge < -0.3 is 4.98 Å². The van der Waals surface area contributed by atoms with Crippen molar-refractivity contribution in [1.29, 1.82) is 0 Å². The van der Waals surface area contributed by atoms with E-state index >= 15 is 0 Å². The van der Waals surface area contributed by atoms with E-state index in [1.165, 1.54) is 19.3 Å². The predicted octanol–water partition coefficient (Wildman–Crippen LogP) is 4.03. The van der Waals surface area contributed by atoms with E-state index in [9.17, 15) is 4.79 Å². The molecule has 124 valence electrons. The number of aromatic amines is 1. The van der Waals surface area contributed by atoms with Gasteiger partial charge in [-0.15, -0.1) is 11.3 Å². The second kappa shape index (κ2) is 6.49. The molecule has 1 aliphatic rings. The van der Waals surface area contributed by atoms with Gasteiger partial charge in [-0.2, -0.15) is 0 Å². The molecule has 0 aliphatic carbocycles. The number of nitrogens with one attached hydrogen (secondary N) is 1. The van der Waals surface area contributed by atoms with Gasteiger partial charge in [0.1, 0.15) is 10.7 Å². The molecule has 0 amide bonds. The summed E-state index contributed by atoms with van der Waals surface area (Å²) >= 11 is 1.59. The Hall–Kier alpha value is -1.98. The standard InChI is InChI=1S/C19H21N3OS/c1-13-7-5-6-10-22(13)12-17-20-18(23)15-11-16(24-19(15)21-17)14-8-3-2-4-9-14/h2-4,8-9,11,13H,5-7,10,12H2,1H3,(H,20,21,23). The molecule has 1 N–H and O–H groups in total. The van der Waals surface area contributed by atoms with Crippen LogP contribution in [0.4, 0.5) is 0 Å². The summed E-state index contributed by atoms with van der Waals surface area (Å²) in [4.78, 5) is 24.5. The largest absolute Gasteiger partial charge is 0.309 e. The Morgan fingerprint density at radius 1 is 1.29 bits per heavy atom. The Bertz CT molecular complexity index is 900. The van der Waals surface area contributed by atoms with Crippen molar-refractivity contribution < 1.29 is 0 Å². The fourth-order valence-electron chi connectivity index (χ4n) is 3.38. The van der Waals surface area contributed by atoms with Crippen LogP contribution in [0.1, 0.15) is 32.0 Å². The first-order valence-electron chi connectivity index (χ1n) is 8.53. The number of rotatable bonds is 3. The van der Waals surface area contributed by atoms with Crippen LogP contribution in [0.3, 0.4) is 0 Å². The van der Waals surface area contributed by atoms with E-state index in [0.717, 1.165) is 34.2 Å². The molecule has 0 saturated carbocycles.